The van der Waals surface area contributed by atoms with Crippen molar-refractivity contribution in [3.63, 3.8) is 0 Å². The highest BCUT2D eigenvalue weighted by Gasteiger charge is 2.17. The number of hydrogen-bond acceptors (Lipinski definition) is 5. The number of nitrogens with zero attached hydrogens (tertiary/aromatic N) is 4. The molecule has 0 N–H and O–H groups in total. The molecule has 5 nitrogen and oxygen atoms in total. The Morgan fingerprint density at radius 2 is 1.74 bits per heavy atom. The summed E-state index contributed by atoms with van der Waals surface area (Å²) in [6.45, 7) is 3.71. The molecule has 27 heavy (non-hydrogen) atoms. The van der Waals surface area contributed by atoms with E-state index in [1.54, 1.807) is 0 Å². The maximum atomic E-state index is 6.22. The molecule has 1 fully saturated rings. The molecule has 0 amide bonds. The molecule has 1 aliphatic rings. The fourth-order valence-corrected chi connectivity index (χ4v) is 3.77. The predicted molar refractivity (Wildman–Crippen MR) is 108 cm³/mol. The molecule has 6 heteroatoms. The van der Waals surface area contributed by atoms with E-state index in [4.69, 9.17) is 16.0 Å². The molecule has 4 rings (SSSR count). The van der Waals surface area contributed by atoms with Crippen molar-refractivity contribution in [3.8, 4) is 11.5 Å². The van der Waals surface area contributed by atoms with E-state index in [1.807, 2.05) is 24.3 Å². The first-order chi connectivity index (χ1) is 13.2. The zero-order chi connectivity index (χ0) is 18.6. The average molecular weight is 383 g/mol. The van der Waals surface area contributed by atoms with Crippen LogP contribution in [0.1, 0.15) is 24.3 Å². The summed E-state index contributed by atoms with van der Waals surface area (Å²) in [6.07, 6.45) is 2.55. The van der Waals surface area contributed by atoms with Gasteiger partial charge < -0.3 is 9.32 Å². The van der Waals surface area contributed by atoms with Gasteiger partial charge in [-0.3, -0.25) is 4.90 Å². The van der Waals surface area contributed by atoms with Crippen LogP contribution in [0.5, 0.6) is 0 Å². The zero-order valence-corrected chi connectivity index (χ0v) is 16.2. The molecule has 0 atom stereocenters. The van der Waals surface area contributed by atoms with Crippen molar-refractivity contribution in [1.82, 2.24) is 15.1 Å². The van der Waals surface area contributed by atoms with Gasteiger partial charge in [0.2, 0.25) is 11.8 Å². The van der Waals surface area contributed by atoms with Gasteiger partial charge in [-0.1, -0.05) is 41.9 Å². The summed E-state index contributed by atoms with van der Waals surface area (Å²) < 4.78 is 5.83. The van der Waals surface area contributed by atoms with Crippen LogP contribution in [-0.2, 0) is 13.1 Å². The topological polar surface area (TPSA) is 45.4 Å². The molecule has 1 aromatic heterocycles. The van der Waals surface area contributed by atoms with E-state index in [2.05, 4.69) is 51.3 Å². The van der Waals surface area contributed by atoms with Gasteiger partial charge in [0, 0.05) is 25.3 Å². The van der Waals surface area contributed by atoms with Crippen molar-refractivity contribution in [1.29, 1.82) is 0 Å². The van der Waals surface area contributed by atoms with E-state index in [0.29, 0.717) is 23.3 Å². The van der Waals surface area contributed by atoms with Crippen LogP contribution in [0.3, 0.4) is 0 Å². The monoisotopic (exact) mass is 382 g/mol. The van der Waals surface area contributed by atoms with Gasteiger partial charge in [0.25, 0.3) is 0 Å². The van der Waals surface area contributed by atoms with Gasteiger partial charge in [-0.25, -0.2) is 0 Å². The van der Waals surface area contributed by atoms with Gasteiger partial charge in [0.05, 0.1) is 17.1 Å². The molecule has 140 valence electrons. The van der Waals surface area contributed by atoms with Crippen molar-refractivity contribution >= 4 is 17.3 Å². The van der Waals surface area contributed by atoms with Crippen LogP contribution >= 0.6 is 11.6 Å². The molecule has 0 spiro atoms. The van der Waals surface area contributed by atoms with Gasteiger partial charge in [0.1, 0.15) is 0 Å². The summed E-state index contributed by atoms with van der Waals surface area (Å²) in [7, 11) is 2.07. The third-order valence-electron chi connectivity index (χ3n) is 4.85. The maximum Gasteiger partial charge on any atom is 0.249 e. The first kappa shape index (κ1) is 18.0. The Kier molecular flexibility index (Phi) is 5.41. The lowest BCUT2D eigenvalue weighted by Crippen LogP contribution is -2.23. The fourth-order valence-electron chi connectivity index (χ4n) is 3.55. The minimum Gasteiger partial charge on any atom is -0.419 e. The normalized spacial score (nSPS) is 14.3. The quantitative estimate of drug-likeness (QED) is 0.622. The summed E-state index contributed by atoms with van der Waals surface area (Å²) in [4.78, 5) is 4.67. The Morgan fingerprint density at radius 3 is 2.56 bits per heavy atom. The van der Waals surface area contributed by atoms with E-state index in [0.717, 1.165) is 25.2 Å². The summed E-state index contributed by atoms with van der Waals surface area (Å²) >= 11 is 6.22. The number of hydrogen-bond donors (Lipinski definition) is 0. The van der Waals surface area contributed by atoms with Crippen LogP contribution in [-0.4, -0.2) is 35.2 Å². The van der Waals surface area contributed by atoms with Crippen LogP contribution in [0.25, 0.3) is 11.5 Å². The van der Waals surface area contributed by atoms with Crippen molar-refractivity contribution < 1.29 is 4.42 Å². The SMILES string of the molecule is CN(Cc1nnc(-c2ccccc2Cl)o1)Cc1ccccc1N1CCCC1. The smallest absolute Gasteiger partial charge is 0.249 e. The second-order valence-electron chi connectivity index (χ2n) is 6.98. The summed E-state index contributed by atoms with van der Waals surface area (Å²) in [5, 5.41) is 8.95. The van der Waals surface area contributed by atoms with E-state index in [-0.39, 0.29) is 0 Å². The maximum absolute atomic E-state index is 6.22. The van der Waals surface area contributed by atoms with Gasteiger partial charge >= 0.3 is 0 Å². The van der Waals surface area contributed by atoms with Gasteiger partial charge in [-0.15, -0.1) is 10.2 Å². The molecule has 0 bridgehead atoms. The Hall–Kier alpha value is -2.37. The first-order valence-electron chi connectivity index (χ1n) is 9.29. The summed E-state index contributed by atoms with van der Waals surface area (Å²) in [6, 6.07) is 16.1. The fraction of sp³-hybridized carbons (Fsp3) is 0.333. The lowest BCUT2D eigenvalue weighted by Gasteiger charge is -2.23. The lowest BCUT2D eigenvalue weighted by atomic mass is 10.1. The number of benzene rings is 2. The second kappa shape index (κ2) is 8.11. The molecule has 2 aromatic carbocycles. The molecular formula is C21H23ClN4O. The van der Waals surface area contributed by atoms with Gasteiger partial charge in [0.15, 0.2) is 0 Å². The van der Waals surface area contributed by atoms with Gasteiger partial charge in [-0.2, -0.15) is 0 Å². The van der Waals surface area contributed by atoms with E-state index in [1.165, 1.54) is 24.1 Å². The highest BCUT2D eigenvalue weighted by Crippen LogP contribution is 2.27. The molecular weight excluding hydrogens is 360 g/mol. The molecule has 1 saturated heterocycles. The number of rotatable bonds is 6. The number of aromatic nitrogens is 2. The summed E-state index contributed by atoms with van der Waals surface area (Å²) in [5.74, 6) is 1.05. The zero-order valence-electron chi connectivity index (χ0n) is 15.4. The van der Waals surface area contributed by atoms with Crippen LogP contribution in [0, 0.1) is 0 Å². The van der Waals surface area contributed by atoms with Crippen LogP contribution < -0.4 is 4.90 Å². The highest BCUT2D eigenvalue weighted by atomic mass is 35.5. The molecule has 0 aliphatic carbocycles. The van der Waals surface area contributed by atoms with Crippen molar-refractivity contribution in [2.75, 3.05) is 25.0 Å². The van der Waals surface area contributed by atoms with Crippen molar-refractivity contribution in [3.05, 3.63) is 65.0 Å². The molecule has 2 heterocycles. The molecule has 0 saturated carbocycles. The minimum atomic E-state index is 0.460. The van der Waals surface area contributed by atoms with Crippen LogP contribution in [0.2, 0.25) is 5.02 Å². The van der Waals surface area contributed by atoms with Crippen molar-refractivity contribution in [2.45, 2.75) is 25.9 Å². The second-order valence-corrected chi connectivity index (χ2v) is 7.38. The van der Waals surface area contributed by atoms with E-state index < -0.39 is 0 Å². The Balaban J connectivity index is 1.45. The van der Waals surface area contributed by atoms with Crippen molar-refractivity contribution in [2.24, 2.45) is 0 Å². The number of anilines is 1. The standard InChI is InChI=1S/C21H23ClN4O/c1-25(14-16-8-2-5-11-19(16)26-12-6-7-13-26)15-20-23-24-21(27-20)17-9-3-4-10-18(17)22/h2-5,8-11H,6-7,12-15H2,1H3. The third-order valence-corrected chi connectivity index (χ3v) is 5.18. The summed E-state index contributed by atoms with van der Waals surface area (Å²) in [5.41, 5.74) is 3.43. The Bertz CT molecular complexity index is 904. The minimum absolute atomic E-state index is 0.460. The molecule has 1 aliphatic heterocycles. The molecule has 0 unspecified atom stereocenters. The van der Waals surface area contributed by atoms with E-state index in [9.17, 15) is 0 Å². The molecule has 3 aromatic rings. The molecule has 0 radical (unpaired) electrons. The van der Waals surface area contributed by atoms with Crippen LogP contribution in [0.4, 0.5) is 5.69 Å². The lowest BCUT2D eigenvalue weighted by molar-refractivity contribution is 0.283. The third kappa shape index (κ3) is 4.15. The Labute approximate surface area is 164 Å². The number of halogens is 1. The van der Waals surface area contributed by atoms with Crippen LogP contribution in [0.15, 0.2) is 52.9 Å². The largest absolute Gasteiger partial charge is 0.419 e. The average Bonchev–Trinajstić information content (AvgIpc) is 3.35. The van der Waals surface area contributed by atoms with Gasteiger partial charge in [-0.05, 0) is 43.7 Å². The first-order valence-corrected chi connectivity index (χ1v) is 9.67. The highest BCUT2D eigenvalue weighted by molar-refractivity contribution is 6.33. The number of para-hydroxylation sites is 1. The Morgan fingerprint density at radius 1 is 1.00 bits per heavy atom. The van der Waals surface area contributed by atoms with E-state index >= 15 is 0 Å². The predicted octanol–water partition coefficient (Wildman–Crippen LogP) is 4.62.